The molecule has 2 aliphatic carbocycles. The normalized spacial score (nSPS) is 26.9. The average molecular weight is 296 g/mol. The second-order valence-electron chi connectivity index (χ2n) is 6.15. The summed E-state index contributed by atoms with van der Waals surface area (Å²) in [5.41, 5.74) is 4.91. The first-order valence-electron chi connectivity index (χ1n) is 7.92. The molecule has 118 valence electrons. The van der Waals surface area contributed by atoms with Crippen LogP contribution in [0, 0.1) is 17.8 Å². The van der Waals surface area contributed by atoms with Crippen LogP contribution >= 0.6 is 0 Å². The fraction of sp³-hybridized carbons (Fsp3) is 0.800. The maximum absolute atomic E-state index is 12.1. The van der Waals surface area contributed by atoms with Gasteiger partial charge >= 0.3 is 5.97 Å². The average Bonchev–Trinajstić information content (AvgIpc) is 2.53. The summed E-state index contributed by atoms with van der Waals surface area (Å²) in [7, 11) is 0. The molecule has 0 aromatic rings. The van der Waals surface area contributed by atoms with Gasteiger partial charge in [0.05, 0.1) is 11.8 Å². The Bertz CT molecular complexity index is 404. The van der Waals surface area contributed by atoms with Crippen LogP contribution in [0.15, 0.2) is 0 Å². The Kier molecular flexibility index (Phi) is 5.59. The summed E-state index contributed by atoms with van der Waals surface area (Å²) in [5.74, 6) is -2.64. The molecule has 0 unspecified atom stereocenters. The molecule has 2 rings (SSSR count). The van der Waals surface area contributed by atoms with Gasteiger partial charge in [0.25, 0.3) is 0 Å². The molecule has 0 aromatic carbocycles. The molecule has 2 fully saturated rings. The number of carbonyl (C=O) groups is 3. The summed E-state index contributed by atoms with van der Waals surface area (Å²) in [5, 5.41) is 9.17. The number of carboxylic acid groups (broad SMARTS) is 1. The molecule has 2 amide bonds. The Balaban J connectivity index is 1.82. The Labute approximate surface area is 124 Å². The summed E-state index contributed by atoms with van der Waals surface area (Å²) in [6, 6.07) is 0. The Morgan fingerprint density at radius 1 is 0.714 bits per heavy atom. The molecular formula is C15H24N2O4. The second-order valence-corrected chi connectivity index (χ2v) is 6.15. The Morgan fingerprint density at radius 2 is 1.24 bits per heavy atom. The first-order chi connectivity index (χ1) is 10.1. The van der Waals surface area contributed by atoms with Crippen molar-refractivity contribution >= 4 is 17.8 Å². The van der Waals surface area contributed by atoms with Crippen molar-refractivity contribution in [2.24, 2.45) is 17.8 Å². The molecule has 0 heterocycles. The van der Waals surface area contributed by atoms with Crippen LogP contribution in [0.4, 0.5) is 0 Å². The van der Waals surface area contributed by atoms with Crippen LogP contribution in [0.5, 0.6) is 0 Å². The van der Waals surface area contributed by atoms with Gasteiger partial charge < -0.3 is 5.11 Å². The molecule has 0 aromatic heterocycles. The quantitative estimate of drug-likeness (QED) is 0.689. The minimum absolute atomic E-state index is 0.0272. The summed E-state index contributed by atoms with van der Waals surface area (Å²) in [6.07, 6.45) is 7.80. The van der Waals surface area contributed by atoms with Crippen molar-refractivity contribution in [1.82, 2.24) is 10.9 Å². The number of rotatable bonds is 3. The SMILES string of the molecule is O=C(NNC(=O)[C@H]1CCCC[C@@H]1C(=O)O)C1CCCCC1. The third kappa shape index (κ3) is 4.19. The van der Waals surface area contributed by atoms with E-state index in [0.717, 1.165) is 38.5 Å². The van der Waals surface area contributed by atoms with E-state index >= 15 is 0 Å². The van der Waals surface area contributed by atoms with Crippen molar-refractivity contribution < 1.29 is 19.5 Å². The van der Waals surface area contributed by atoms with E-state index in [1.54, 1.807) is 0 Å². The number of hydrazine groups is 1. The van der Waals surface area contributed by atoms with Crippen molar-refractivity contribution in [1.29, 1.82) is 0 Å². The van der Waals surface area contributed by atoms with E-state index in [9.17, 15) is 19.5 Å². The number of carbonyl (C=O) groups excluding carboxylic acids is 2. The van der Waals surface area contributed by atoms with E-state index in [1.165, 1.54) is 6.42 Å². The lowest BCUT2D eigenvalue weighted by atomic mass is 9.79. The van der Waals surface area contributed by atoms with E-state index in [-0.39, 0.29) is 17.7 Å². The number of hydrogen-bond acceptors (Lipinski definition) is 3. The molecule has 0 spiro atoms. The maximum atomic E-state index is 12.1. The standard InChI is InChI=1S/C15H24N2O4/c18-13(10-6-2-1-3-7-10)16-17-14(19)11-8-4-5-9-12(11)15(20)21/h10-12H,1-9H2,(H,16,18)(H,17,19)(H,20,21)/t11-,12-/m0/s1. The lowest BCUT2D eigenvalue weighted by Crippen LogP contribution is -2.49. The highest BCUT2D eigenvalue weighted by Gasteiger charge is 2.36. The first kappa shape index (κ1) is 15.8. The summed E-state index contributed by atoms with van der Waals surface area (Å²) in [6.45, 7) is 0. The molecule has 0 aliphatic heterocycles. The Morgan fingerprint density at radius 3 is 1.86 bits per heavy atom. The maximum Gasteiger partial charge on any atom is 0.307 e. The predicted octanol–water partition coefficient (Wildman–Crippen LogP) is 1.61. The van der Waals surface area contributed by atoms with Crippen molar-refractivity contribution in [2.45, 2.75) is 57.8 Å². The van der Waals surface area contributed by atoms with Crippen molar-refractivity contribution in [3.8, 4) is 0 Å². The minimum Gasteiger partial charge on any atom is -0.481 e. The zero-order valence-electron chi connectivity index (χ0n) is 12.3. The van der Waals surface area contributed by atoms with E-state index in [4.69, 9.17) is 0 Å². The van der Waals surface area contributed by atoms with Gasteiger partial charge in [-0.2, -0.15) is 0 Å². The number of hydrogen-bond donors (Lipinski definition) is 3. The molecule has 2 aliphatic rings. The molecule has 0 bridgehead atoms. The van der Waals surface area contributed by atoms with Gasteiger partial charge in [-0.3, -0.25) is 25.2 Å². The Hall–Kier alpha value is -1.59. The largest absolute Gasteiger partial charge is 0.481 e. The second kappa shape index (κ2) is 7.43. The van der Waals surface area contributed by atoms with Gasteiger partial charge in [0.2, 0.25) is 11.8 Å². The van der Waals surface area contributed by atoms with Crippen molar-refractivity contribution in [3.05, 3.63) is 0 Å². The van der Waals surface area contributed by atoms with Gasteiger partial charge in [0.15, 0.2) is 0 Å². The molecular weight excluding hydrogens is 272 g/mol. The molecule has 6 heteroatoms. The highest BCUT2D eigenvalue weighted by atomic mass is 16.4. The number of amides is 2. The third-order valence-electron chi connectivity index (χ3n) is 4.70. The van der Waals surface area contributed by atoms with Crippen LogP contribution in [0.25, 0.3) is 0 Å². The van der Waals surface area contributed by atoms with E-state index in [0.29, 0.717) is 12.8 Å². The van der Waals surface area contributed by atoms with Gasteiger partial charge in [-0.05, 0) is 25.7 Å². The molecule has 0 radical (unpaired) electrons. The van der Waals surface area contributed by atoms with Crippen LogP contribution in [0.2, 0.25) is 0 Å². The van der Waals surface area contributed by atoms with Crippen LogP contribution in [-0.2, 0) is 14.4 Å². The summed E-state index contributed by atoms with van der Waals surface area (Å²) < 4.78 is 0. The summed E-state index contributed by atoms with van der Waals surface area (Å²) in [4.78, 5) is 35.3. The topological polar surface area (TPSA) is 95.5 Å². The van der Waals surface area contributed by atoms with Gasteiger partial charge in [-0.15, -0.1) is 0 Å². The van der Waals surface area contributed by atoms with Crippen molar-refractivity contribution in [3.63, 3.8) is 0 Å². The smallest absolute Gasteiger partial charge is 0.307 e. The zero-order valence-corrected chi connectivity index (χ0v) is 12.3. The lowest BCUT2D eigenvalue weighted by Gasteiger charge is -2.28. The van der Waals surface area contributed by atoms with Crippen LogP contribution in [-0.4, -0.2) is 22.9 Å². The molecule has 6 nitrogen and oxygen atoms in total. The van der Waals surface area contributed by atoms with Gasteiger partial charge in [0.1, 0.15) is 0 Å². The van der Waals surface area contributed by atoms with E-state index in [1.807, 2.05) is 0 Å². The zero-order chi connectivity index (χ0) is 15.2. The van der Waals surface area contributed by atoms with Crippen LogP contribution in [0.1, 0.15) is 57.8 Å². The third-order valence-corrected chi connectivity index (χ3v) is 4.70. The number of aliphatic carboxylic acids is 1. The van der Waals surface area contributed by atoms with Crippen LogP contribution in [0.3, 0.4) is 0 Å². The van der Waals surface area contributed by atoms with Gasteiger partial charge in [-0.25, -0.2) is 0 Å². The summed E-state index contributed by atoms with van der Waals surface area (Å²) >= 11 is 0. The molecule has 2 saturated carbocycles. The van der Waals surface area contributed by atoms with Crippen molar-refractivity contribution in [2.75, 3.05) is 0 Å². The highest BCUT2D eigenvalue weighted by molar-refractivity contribution is 5.87. The number of nitrogens with one attached hydrogen (secondary N) is 2. The fourth-order valence-corrected chi connectivity index (χ4v) is 3.42. The highest BCUT2D eigenvalue weighted by Crippen LogP contribution is 2.30. The monoisotopic (exact) mass is 296 g/mol. The number of carboxylic acids is 1. The molecule has 2 atom stereocenters. The molecule has 0 saturated heterocycles. The first-order valence-corrected chi connectivity index (χ1v) is 7.92. The minimum atomic E-state index is -0.923. The predicted molar refractivity (Wildman–Crippen MR) is 75.9 cm³/mol. The molecule has 21 heavy (non-hydrogen) atoms. The van der Waals surface area contributed by atoms with E-state index in [2.05, 4.69) is 10.9 Å². The van der Waals surface area contributed by atoms with Crippen LogP contribution < -0.4 is 10.9 Å². The van der Waals surface area contributed by atoms with Gasteiger partial charge in [0, 0.05) is 5.92 Å². The van der Waals surface area contributed by atoms with E-state index < -0.39 is 17.8 Å². The lowest BCUT2D eigenvalue weighted by molar-refractivity contribution is -0.149. The molecule has 3 N–H and O–H groups in total. The fourth-order valence-electron chi connectivity index (χ4n) is 3.42. The van der Waals surface area contributed by atoms with Gasteiger partial charge in [-0.1, -0.05) is 32.1 Å².